The second-order valence-corrected chi connectivity index (χ2v) is 11.3. The van der Waals surface area contributed by atoms with E-state index in [0.717, 1.165) is 77.9 Å². The number of amides is 1. The minimum absolute atomic E-state index is 0.0439. The zero-order chi connectivity index (χ0) is 22.5. The number of hydrogen-bond acceptors (Lipinski definition) is 6. The van der Waals surface area contributed by atoms with Crippen LogP contribution in [0.2, 0.25) is 0 Å². The maximum Gasteiger partial charge on any atom is 0.410 e. The molecule has 5 rings (SSSR count). The molecule has 0 aromatic rings. The van der Waals surface area contributed by atoms with Crippen molar-refractivity contribution in [1.29, 1.82) is 0 Å². The fraction of sp³-hybridized carbons (Fsp3) is 0.880. The predicted octanol–water partition coefficient (Wildman–Crippen LogP) is 2.96. The maximum atomic E-state index is 12.7. The zero-order valence-electron chi connectivity index (χ0n) is 19.9. The number of β-amino-alcohol motifs (C(OH)–C–C–N with tert-alkyl or cyclic N) is 1. The molecule has 32 heavy (non-hydrogen) atoms. The number of epoxide rings is 2. The van der Waals surface area contributed by atoms with Gasteiger partial charge in [0.1, 0.15) is 6.10 Å². The van der Waals surface area contributed by atoms with Crippen LogP contribution in [0.5, 0.6) is 0 Å². The molecule has 0 aromatic carbocycles. The van der Waals surface area contributed by atoms with Crippen LogP contribution in [0.15, 0.2) is 11.6 Å². The molecule has 4 aliphatic heterocycles. The highest BCUT2D eigenvalue weighted by Crippen LogP contribution is 2.59. The van der Waals surface area contributed by atoms with Crippen molar-refractivity contribution >= 4 is 6.09 Å². The maximum absolute atomic E-state index is 12.7. The van der Waals surface area contributed by atoms with Crippen molar-refractivity contribution in [3.05, 3.63) is 11.6 Å². The summed E-state index contributed by atoms with van der Waals surface area (Å²) in [6.07, 6.45) is 7.72. The summed E-state index contributed by atoms with van der Waals surface area (Å²) in [5, 5.41) is 9.65. The molecule has 5 fully saturated rings. The van der Waals surface area contributed by atoms with E-state index in [-0.39, 0.29) is 41.5 Å². The standard InChI is InChI=1S/C25H40N2O5/c1-17(2)4-5-22-24(3,32-22)21-12-20(6-9-25(21)16-30-25)31-23(29)27-13-18(14-27)7-10-26-11-8-19(28)15-26/h4,18-22,28H,5-16H2,1-3H3/t19-,20+,21+,22+,24+,25-/m0/s1. The lowest BCUT2D eigenvalue weighted by Gasteiger charge is -2.41. The molecule has 5 aliphatic rings. The third kappa shape index (κ3) is 4.59. The predicted molar refractivity (Wildman–Crippen MR) is 120 cm³/mol. The van der Waals surface area contributed by atoms with Crippen LogP contribution in [0.1, 0.15) is 59.3 Å². The highest BCUT2D eigenvalue weighted by molar-refractivity contribution is 5.68. The Balaban J connectivity index is 1.07. The lowest BCUT2D eigenvalue weighted by molar-refractivity contribution is -0.0231. The van der Waals surface area contributed by atoms with Gasteiger partial charge in [-0.15, -0.1) is 0 Å². The number of carbonyl (C=O) groups is 1. The van der Waals surface area contributed by atoms with Gasteiger partial charge in [0.05, 0.1) is 30.0 Å². The van der Waals surface area contributed by atoms with Gasteiger partial charge in [-0.3, -0.25) is 0 Å². The van der Waals surface area contributed by atoms with E-state index in [9.17, 15) is 9.90 Å². The lowest BCUT2D eigenvalue weighted by atomic mass is 9.70. The van der Waals surface area contributed by atoms with Crippen LogP contribution >= 0.6 is 0 Å². The van der Waals surface area contributed by atoms with Crippen LogP contribution in [0.25, 0.3) is 0 Å². The summed E-state index contributed by atoms with van der Waals surface area (Å²) in [6.45, 7) is 11.7. The highest BCUT2D eigenvalue weighted by Gasteiger charge is 2.68. The topological polar surface area (TPSA) is 78.1 Å². The molecule has 7 heteroatoms. The Hall–Kier alpha value is -1.15. The Morgan fingerprint density at radius 2 is 2.03 bits per heavy atom. The molecular formula is C25H40N2O5. The normalized spacial score (nSPS) is 41.4. The summed E-state index contributed by atoms with van der Waals surface area (Å²) >= 11 is 0. The van der Waals surface area contributed by atoms with Crippen LogP contribution in [0, 0.1) is 11.8 Å². The third-order valence-electron chi connectivity index (χ3n) is 8.53. The number of ether oxygens (including phenoxy) is 3. The van der Waals surface area contributed by atoms with Gasteiger partial charge in [0.15, 0.2) is 0 Å². The van der Waals surface area contributed by atoms with E-state index in [1.165, 1.54) is 5.57 Å². The SMILES string of the molecule is CC(C)=CC[C@H]1O[C@]1(C)[C@H]1C[C@H](OC(=O)N2CC(CCN3CC[C@H](O)C3)C2)CC[C@]12CO2. The number of carbonyl (C=O) groups excluding carboxylic acids is 1. The molecule has 0 unspecified atom stereocenters. The summed E-state index contributed by atoms with van der Waals surface area (Å²) in [6, 6.07) is 0. The molecular weight excluding hydrogens is 408 g/mol. The van der Waals surface area contributed by atoms with Crippen molar-refractivity contribution in [2.45, 2.75) is 88.8 Å². The summed E-state index contributed by atoms with van der Waals surface area (Å²) < 4.78 is 18.1. The molecule has 1 amide bonds. The molecule has 0 radical (unpaired) electrons. The third-order valence-corrected chi connectivity index (χ3v) is 8.53. The van der Waals surface area contributed by atoms with E-state index < -0.39 is 0 Å². The van der Waals surface area contributed by atoms with E-state index in [1.54, 1.807) is 0 Å². The largest absolute Gasteiger partial charge is 0.446 e. The molecule has 0 aromatic heterocycles. The number of rotatable bonds is 7. The van der Waals surface area contributed by atoms with Crippen molar-refractivity contribution in [1.82, 2.24) is 9.80 Å². The summed E-state index contributed by atoms with van der Waals surface area (Å²) in [7, 11) is 0. The molecule has 1 saturated carbocycles. The average molecular weight is 449 g/mol. The first kappa shape index (κ1) is 22.6. The molecule has 4 saturated heterocycles. The first-order valence-corrected chi connectivity index (χ1v) is 12.6. The van der Waals surface area contributed by atoms with Gasteiger partial charge in [0.25, 0.3) is 0 Å². The van der Waals surface area contributed by atoms with E-state index in [2.05, 4.69) is 31.7 Å². The molecule has 7 nitrogen and oxygen atoms in total. The van der Waals surface area contributed by atoms with Crippen molar-refractivity contribution in [2.24, 2.45) is 11.8 Å². The molecule has 0 bridgehead atoms. The Morgan fingerprint density at radius 1 is 1.25 bits per heavy atom. The van der Waals surface area contributed by atoms with E-state index in [4.69, 9.17) is 14.2 Å². The van der Waals surface area contributed by atoms with Crippen LogP contribution in [-0.2, 0) is 14.2 Å². The summed E-state index contributed by atoms with van der Waals surface area (Å²) in [5.74, 6) is 0.842. The van der Waals surface area contributed by atoms with E-state index in [1.807, 2.05) is 4.90 Å². The number of nitrogens with zero attached hydrogens (tertiary/aromatic N) is 2. The second-order valence-electron chi connectivity index (χ2n) is 11.3. The average Bonchev–Trinajstić information content (AvgIpc) is 3.58. The molecule has 1 N–H and O–H groups in total. The number of allylic oxidation sites excluding steroid dienone is 1. The van der Waals surface area contributed by atoms with Crippen LogP contribution < -0.4 is 0 Å². The fourth-order valence-corrected chi connectivity index (χ4v) is 6.18. The van der Waals surface area contributed by atoms with Crippen molar-refractivity contribution in [3.8, 4) is 0 Å². The lowest BCUT2D eigenvalue weighted by Crippen LogP contribution is -2.52. The van der Waals surface area contributed by atoms with Gasteiger partial charge in [-0.2, -0.15) is 0 Å². The number of aliphatic hydroxyl groups excluding tert-OH is 1. The second kappa shape index (κ2) is 8.57. The minimum Gasteiger partial charge on any atom is -0.446 e. The molecule has 6 atom stereocenters. The van der Waals surface area contributed by atoms with Crippen molar-refractivity contribution in [3.63, 3.8) is 0 Å². The first-order valence-electron chi connectivity index (χ1n) is 12.6. The molecule has 1 aliphatic carbocycles. The minimum atomic E-state index is -0.168. The zero-order valence-corrected chi connectivity index (χ0v) is 19.9. The van der Waals surface area contributed by atoms with Crippen LogP contribution in [0.4, 0.5) is 4.79 Å². The molecule has 180 valence electrons. The summed E-state index contributed by atoms with van der Waals surface area (Å²) in [4.78, 5) is 16.9. The van der Waals surface area contributed by atoms with Gasteiger partial charge in [-0.25, -0.2) is 4.79 Å². The Morgan fingerprint density at radius 3 is 2.69 bits per heavy atom. The van der Waals surface area contributed by atoms with Gasteiger partial charge in [0, 0.05) is 32.1 Å². The Labute approximate surface area is 192 Å². The Bertz CT molecular complexity index is 743. The van der Waals surface area contributed by atoms with Gasteiger partial charge in [-0.1, -0.05) is 11.6 Å². The fourth-order valence-electron chi connectivity index (χ4n) is 6.18. The number of aliphatic hydroxyl groups is 1. The van der Waals surface area contributed by atoms with Crippen LogP contribution in [0.3, 0.4) is 0 Å². The van der Waals surface area contributed by atoms with Crippen LogP contribution in [-0.4, -0.2) is 89.8 Å². The first-order chi connectivity index (χ1) is 15.3. The van der Waals surface area contributed by atoms with Gasteiger partial charge in [0.2, 0.25) is 0 Å². The van der Waals surface area contributed by atoms with Crippen molar-refractivity contribution < 1.29 is 24.1 Å². The van der Waals surface area contributed by atoms with Gasteiger partial charge < -0.3 is 29.1 Å². The number of likely N-dealkylation sites (tertiary alicyclic amines) is 2. The Kier molecular flexibility index (Phi) is 6.06. The summed E-state index contributed by atoms with van der Waals surface area (Å²) in [5.41, 5.74) is 1.10. The smallest absolute Gasteiger partial charge is 0.410 e. The highest BCUT2D eigenvalue weighted by atomic mass is 16.6. The quantitative estimate of drug-likeness (QED) is 0.477. The monoisotopic (exact) mass is 448 g/mol. The number of hydrogen-bond donors (Lipinski definition) is 1. The van der Waals surface area contributed by atoms with E-state index >= 15 is 0 Å². The van der Waals surface area contributed by atoms with Gasteiger partial charge >= 0.3 is 6.09 Å². The van der Waals surface area contributed by atoms with E-state index in [0.29, 0.717) is 5.92 Å². The molecule has 4 heterocycles. The van der Waals surface area contributed by atoms with Gasteiger partial charge in [-0.05, 0) is 71.8 Å². The van der Waals surface area contributed by atoms with Crippen molar-refractivity contribution in [2.75, 3.05) is 39.3 Å². The molecule has 1 spiro atoms.